The van der Waals surface area contributed by atoms with Gasteiger partial charge in [0.2, 0.25) is 0 Å². The molecular formula is C31H34N4O5. The van der Waals surface area contributed by atoms with Crippen molar-refractivity contribution in [2.24, 2.45) is 0 Å². The van der Waals surface area contributed by atoms with Crippen molar-refractivity contribution < 1.29 is 24.5 Å². The number of aromatic nitrogens is 3. The molecule has 3 atom stereocenters. The SMILES string of the molecule is COc1cc2ccc1C(O)N1CCc3ccc(cc3C1)C(CC(=O)O)c1ccc3c(nnn3CCCOC2)c1C. The summed E-state index contributed by atoms with van der Waals surface area (Å²) in [6.45, 7) is 4.90. The first-order chi connectivity index (χ1) is 19.4. The maximum atomic E-state index is 12.0. The molecule has 0 fully saturated rings. The Morgan fingerprint density at radius 2 is 1.95 bits per heavy atom. The monoisotopic (exact) mass is 542 g/mol. The number of aryl methyl sites for hydroxylation is 2. The van der Waals surface area contributed by atoms with Crippen LogP contribution in [0.25, 0.3) is 11.0 Å². The average Bonchev–Trinajstić information content (AvgIpc) is 3.38. The Labute approximate surface area is 232 Å². The zero-order chi connectivity index (χ0) is 27.8. The highest BCUT2D eigenvalue weighted by Gasteiger charge is 2.28. The Kier molecular flexibility index (Phi) is 7.27. The summed E-state index contributed by atoms with van der Waals surface area (Å²) in [4.78, 5) is 14.1. The van der Waals surface area contributed by atoms with Gasteiger partial charge in [-0.3, -0.25) is 9.69 Å². The molecule has 9 bridgehead atoms. The van der Waals surface area contributed by atoms with E-state index in [-0.39, 0.29) is 12.3 Å². The molecular weight excluding hydrogens is 508 g/mol. The van der Waals surface area contributed by atoms with Crippen LogP contribution in [0, 0.1) is 6.92 Å². The fraction of sp³-hybridized carbons (Fsp3) is 0.387. The molecule has 0 saturated carbocycles. The van der Waals surface area contributed by atoms with Gasteiger partial charge in [0.05, 0.1) is 25.7 Å². The molecule has 40 heavy (non-hydrogen) atoms. The first kappa shape index (κ1) is 26.4. The molecule has 6 heterocycles. The maximum absolute atomic E-state index is 12.0. The number of carbonyl (C=O) groups is 1. The number of aliphatic carboxylic acids is 1. The molecule has 9 heteroatoms. The van der Waals surface area contributed by atoms with Gasteiger partial charge in [-0.1, -0.05) is 41.6 Å². The first-order valence-corrected chi connectivity index (χ1v) is 13.8. The van der Waals surface area contributed by atoms with Gasteiger partial charge in [0.1, 0.15) is 17.5 Å². The van der Waals surface area contributed by atoms with Crippen molar-refractivity contribution >= 4 is 17.0 Å². The molecule has 0 amide bonds. The summed E-state index contributed by atoms with van der Waals surface area (Å²) < 4.78 is 13.5. The van der Waals surface area contributed by atoms with Gasteiger partial charge in [0, 0.05) is 37.7 Å². The van der Waals surface area contributed by atoms with E-state index in [1.54, 1.807) is 7.11 Å². The van der Waals surface area contributed by atoms with Gasteiger partial charge in [-0.2, -0.15) is 0 Å². The number of benzene rings is 3. The summed E-state index contributed by atoms with van der Waals surface area (Å²) in [5, 5.41) is 30.2. The quantitative estimate of drug-likeness (QED) is 0.394. The van der Waals surface area contributed by atoms with Crippen LogP contribution in [0.4, 0.5) is 0 Å². The van der Waals surface area contributed by atoms with E-state index >= 15 is 0 Å². The Morgan fingerprint density at radius 3 is 2.77 bits per heavy atom. The third-order valence-corrected chi connectivity index (χ3v) is 8.26. The summed E-state index contributed by atoms with van der Waals surface area (Å²) in [5.41, 5.74) is 8.55. The van der Waals surface area contributed by atoms with Gasteiger partial charge in [0.15, 0.2) is 0 Å². The number of nitrogens with zero attached hydrogens (tertiary/aromatic N) is 4. The van der Waals surface area contributed by atoms with Gasteiger partial charge < -0.3 is 19.7 Å². The molecule has 208 valence electrons. The van der Waals surface area contributed by atoms with Crippen LogP contribution in [0.2, 0.25) is 0 Å². The van der Waals surface area contributed by atoms with Crippen molar-refractivity contribution in [1.82, 2.24) is 19.9 Å². The predicted molar refractivity (Wildman–Crippen MR) is 149 cm³/mol. The lowest BCUT2D eigenvalue weighted by Gasteiger charge is -2.34. The van der Waals surface area contributed by atoms with E-state index in [0.29, 0.717) is 44.2 Å². The maximum Gasteiger partial charge on any atom is 0.304 e. The number of rotatable bonds is 3. The van der Waals surface area contributed by atoms with Gasteiger partial charge in [-0.05, 0) is 65.3 Å². The number of hydrogen-bond donors (Lipinski definition) is 2. The number of aliphatic hydroxyl groups excluding tert-OH is 1. The second-order valence-corrected chi connectivity index (χ2v) is 10.7. The lowest BCUT2D eigenvalue weighted by atomic mass is 9.83. The minimum absolute atomic E-state index is 0.0352. The fourth-order valence-corrected chi connectivity index (χ4v) is 6.09. The van der Waals surface area contributed by atoms with Crippen molar-refractivity contribution in [2.45, 2.75) is 58.0 Å². The highest BCUT2D eigenvalue weighted by atomic mass is 16.5. The zero-order valence-corrected chi connectivity index (χ0v) is 22.8. The van der Waals surface area contributed by atoms with E-state index in [2.05, 4.69) is 28.5 Å². The minimum atomic E-state index is -0.857. The molecule has 9 nitrogen and oxygen atoms in total. The summed E-state index contributed by atoms with van der Waals surface area (Å²) in [5.74, 6) is -0.570. The third kappa shape index (κ3) is 4.96. The molecule has 3 aromatic carbocycles. The van der Waals surface area contributed by atoms with Gasteiger partial charge >= 0.3 is 5.97 Å². The largest absolute Gasteiger partial charge is 0.496 e. The van der Waals surface area contributed by atoms with Crippen LogP contribution in [0.1, 0.15) is 63.9 Å². The molecule has 9 rings (SSSR count). The van der Waals surface area contributed by atoms with Crippen LogP contribution in [-0.2, 0) is 35.6 Å². The first-order valence-electron chi connectivity index (χ1n) is 13.8. The molecule has 5 aliphatic rings. The van der Waals surface area contributed by atoms with Crippen LogP contribution in [0.5, 0.6) is 5.75 Å². The second kappa shape index (κ2) is 11.0. The van der Waals surface area contributed by atoms with Crippen LogP contribution in [-0.4, -0.2) is 56.3 Å². The van der Waals surface area contributed by atoms with E-state index in [1.165, 1.54) is 5.56 Å². The standard InChI is InChI=1S/C31H34N4O5/c1-19-24-8-9-27-30(19)32-33-35(27)11-3-13-40-18-20-4-7-25(28(14-20)39-2)31(38)34-12-10-21-5-6-22(15-23(21)17-34)26(24)16-29(36)37/h4-9,14-15,26,31,38H,3,10-13,16-18H2,1-2H3,(H,36,37). The predicted octanol–water partition coefficient (Wildman–Crippen LogP) is 4.32. The van der Waals surface area contributed by atoms with Gasteiger partial charge in [0.25, 0.3) is 0 Å². The topological polar surface area (TPSA) is 110 Å². The Hall–Kier alpha value is -3.79. The smallest absolute Gasteiger partial charge is 0.304 e. The van der Waals surface area contributed by atoms with Crippen molar-refractivity contribution in [2.75, 3.05) is 20.3 Å². The number of carboxylic acid groups (broad SMARTS) is 1. The fourth-order valence-electron chi connectivity index (χ4n) is 6.09. The third-order valence-electron chi connectivity index (χ3n) is 8.26. The van der Waals surface area contributed by atoms with Gasteiger partial charge in [-0.15, -0.1) is 5.10 Å². The summed E-state index contributed by atoms with van der Waals surface area (Å²) >= 11 is 0. The normalized spacial score (nSPS) is 21.1. The van der Waals surface area contributed by atoms with E-state index in [9.17, 15) is 15.0 Å². The molecule has 0 radical (unpaired) electrons. The summed E-state index contributed by atoms with van der Waals surface area (Å²) in [7, 11) is 1.62. The Balaban J connectivity index is 1.44. The highest BCUT2D eigenvalue weighted by Crippen LogP contribution is 2.37. The molecule has 0 saturated heterocycles. The van der Waals surface area contributed by atoms with Crippen LogP contribution >= 0.6 is 0 Å². The van der Waals surface area contributed by atoms with Crippen LogP contribution < -0.4 is 4.74 Å². The molecule has 0 spiro atoms. The molecule has 0 aliphatic carbocycles. The molecule has 1 aromatic heterocycles. The minimum Gasteiger partial charge on any atom is -0.496 e. The van der Waals surface area contributed by atoms with Gasteiger partial charge in [-0.25, -0.2) is 4.68 Å². The number of ether oxygens (including phenoxy) is 2. The van der Waals surface area contributed by atoms with Crippen LogP contribution in [0.3, 0.4) is 0 Å². The van der Waals surface area contributed by atoms with Crippen LogP contribution in [0.15, 0.2) is 48.5 Å². The molecule has 5 aliphatic heterocycles. The second-order valence-electron chi connectivity index (χ2n) is 10.7. The Bertz CT molecular complexity index is 1570. The van der Waals surface area contributed by atoms with Crippen molar-refractivity contribution in [1.29, 1.82) is 0 Å². The lowest BCUT2D eigenvalue weighted by molar-refractivity contribution is -0.137. The highest BCUT2D eigenvalue weighted by molar-refractivity contribution is 5.80. The number of carboxylic acids is 1. The van der Waals surface area contributed by atoms with E-state index in [1.807, 2.05) is 46.8 Å². The zero-order valence-electron chi connectivity index (χ0n) is 22.8. The van der Waals surface area contributed by atoms with Crippen molar-refractivity contribution in [3.8, 4) is 5.75 Å². The number of aliphatic hydroxyl groups is 1. The van der Waals surface area contributed by atoms with E-state index in [4.69, 9.17) is 9.47 Å². The number of hydrogen-bond acceptors (Lipinski definition) is 7. The molecule has 4 aromatic rings. The van der Waals surface area contributed by atoms with Crippen molar-refractivity contribution in [3.05, 3.63) is 87.5 Å². The van der Waals surface area contributed by atoms with Crippen molar-refractivity contribution in [3.63, 3.8) is 0 Å². The lowest BCUT2D eigenvalue weighted by Crippen LogP contribution is -2.34. The summed E-state index contributed by atoms with van der Waals surface area (Å²) in [6.07, 6.45) is 0.682. The van der Waals surface area contributed by atoms with E-state index in [0.717, 1.165) is 51.7 Å². The molecule has 3 unspecified atom stereocenters. The average molecular weight is 543 g/mol. The van der Waals surface area contributed by atoms with E-state index < -0.39 is 12.2 Å². The number of methoxy groups -OCH3 is 1. The summed E-state index contributed by atoms with van der Waals surface area (Å²) in [6, 6.07) is 16.1. The Morgan fingerprint density at radius 1 is 1.10 bits per heavy atom. The molecule has 2 N–H and O–H groups in total.